The average Bonchev–Trinajstić information content (AvgIpc) is 2.59. The lowest BCUT2D eigenvalue weighted by atomic mass is 10.1. The van der Waals surface area contributed by atoms with Gasteiger partial charge in [0.05, 0.1) is 6.26 Å². The van der Waals surface area contributed by atoms with E-state index in [9.17, 15) is 0 Å². The fourth-order valence-electron chi connectivity index (χ4n) is 1.43. The molecule has 3 nitrogen and oxygen atoms in total. The predicted octanol–water partition coefficient (Wildman–Crippen LogP) is 1.41. The second kappa shape index (κ2) is 3.63. The van der Waals surface area contributed by atoms with Gasteiger partial charge in [-0.2, -0.15) is 0 Å². The first kappa shape index (κ1) is 7.68. The third-order valence-electron chi connectivity index (χ3n) is 2.05. The van der Waals surface area contributed by atoms with E-state index in [0.717, 1.165) is 25.3 Å². The van der Waals surface area contributed by atoms with Crippen molar-refractivity contribution in [1.82, 2.24) is 5.32 Å². The summed E-state index contributed by atoms with van der Waals surface area (Å²) in [7, 11) is 0. The zero-order chi connectivity index (χ0) is 8.23. The summed E-state index contributed by atoms with van der Waals surface area (Å²) in [6.45, 7) is 2.07. The minimum absolute atomic E-state index is 0.316. The Morgan fingerprint density at radius 2 is 2.58 bits per heavy atom. The van der Waals surface area contributed by atoms with Gasteiger partial charge in [-0.3, -0.25) is 0 Å². The molecule has 66 valence electrons. The highest BCUT2D eigenvalue weighted by molar-refractivity contribution is 5.13. The molecule has 1 unspecified atom stereocenters. The van der Waals surface area contributed by atoms with Gasteiger partial charge in [0.25, 0.3) is 0 Å². The molecule has 0 aromatic carbocycles. The minimum Gasteiger partial charge on any atom is -0.486 e. The second-order valence-electron chi connectivity index (χ2n) is 3.05. The van der Waals surface area contributed by atoms with Gasteiger partial charge in [0.1, 0.15) is 12.4 Å². The van der Waals surface area contributed by atoms with Crippen molar-refractivity contribution in [2.75, 3.05) is 13.1 Å². The van der Waals surface area contributed by atoms with Crippen LogP contribution in [0.4, 0.5) is 0 Å². The Morgan fingerprint density at radius 3 is 3.25 bits per heavy atom. The van der Waals surface area contributed by atoms with E-state index in [4.69, 9.17) is 9.15 Å². The van der Waals surface area contributed by atoms with Crippen molar-refractivity contribution < 1.29 is 9.15 Å². The lowest BCUT2D eigenvalue weighted by molar-refractivity contribution is 0.166. The zero-order valence-electron chi connectivity index (χ0n) is 6.95. The third-order valence-corrected chi connectivity index (χ3v) is 2.05. The van der Waals surface area contributed by atoms with Gasteiger partial charge in [0.15, 0.2) is 5.75 Å². The fraction of sp³-hybridized carbons (Fsp3) is 0.556. The summed E-state index contributed by atoms with van der Waals surface area (Å²) in [5.74, 6) is 0.837. The summed E-state index contributed by atoms with van der Waals surface area (Å²) in [4.78, 5) is 0. The highest BCUT2D eigenvalue weighted by Crippen LogP contribution is 2.15. The van der Waals surface area contributed by atoms with Crippen LogP contribution in [0.5, 0.6) is 5.75 Å². The normalized spacial score (nSPS) is 23.8. The van der Waals surface area contributed by atoms with E-state index in [2.05, 4.69) is 5.32 Å². The molecule has 2 rings (SSSR count). The van der Waals surface area contributed by atoms with Gasteiger partial charge in [-0.1, -0.05) is 0 Å². The quantitative estimate of drug-likeness (QED) is 0.723. The molecule has 1 aliphatic rings. The standard InChI is InChI=1S/C9H13NO2/c1-2-8(6-10-4-1)12-9-3-5-11-7-9/h3,5,7-8,10H,1-2,4,6H2. The molecule has 0 amide bonds. The van der Waals surface area contributed by atoms with Crippen LogP contribution in [0.1, 0.15) is 12.8 Å². The van der Waals surface area contributed by atoms with Crippen LogP contribution in [0.2, 0.25) is 0 Å². The van der Waals surface area contributed by atoms with Gasteiger partial charge in [-0.25, -0.2) is 0 Å². The van der Waals surface area contributed by atoms with Gasteiger partial charge in [0, 0.05) is 12.6 Å². The number of rotatable bonds is 2. The summed E-state index contributed by atoms with van der Waals surface area (Å²) in [6, 6.07) is 1.84. The number of nitrogens with one attached hydrogen (secondary N) is 1. The van der Waals surface area contributed by atoms with Gasteiger partial charge >= 0.3 is 0 Å². The number of furan rings is 1. The summed E-state index contributed by atoms with van der Waals surface area (Å²) < 4.78 is 10.5. The summed E-state index contributed by atoms with van der Waals surface area (Å²) >= 11 is 0. The number of hydrogen-bond acceptors (Lipinski definition) is 3. The van der Waals surface area contributed by atoms with Gasteiger partial charge in [0.2, 0.25) is 0 Å². The molecule has 1 saturated heterocycles. The van der Waals surface area contributed by atoms with Crippen molar-refractivity contribution >= 4 is 0 Å². The Hall–Kier alpha value is -0.960. The third kappa shape index (κ3) is 1.80. The van der Waals surface area contributed by atoms with Crippen LogP contribution in [0.3, 0.4) is 0 Å². The molecular weight excluding hydrogens is 154 g/mol. The van der Waals surface area contributed by atoms with E-state index in [1.54, 1.807) is 12.5 Å². The number of piperidine rings is 1. The van der Waals surface area contributed by atoms with Crippen molar-refractivity contribution in [1.29, 1.82) is 0 Å². The van der Waals surface area contributed by atoms with Gasteiger partial charge in [-0.15, -0.1) is 0 Å². The molecule has 0 radical (unpaired) electrons. The highest BCUT2D eigenvalue weighted by Gasteiger charge is 2.14. The lowest BCUT2D eigenvalue weighted by Gasteiger charge is -2.22. The molecular formula is C9H13NO2. The molecule has 2 heterocycles. The van der Waals surface area contributed by atoms with Crippen LogP contribution in [-0.2, 0) is 0 Å². The van der Waals surface area contributed by atoms with Crippen LogP contribution in [0.25, 0.3) is 0 Å². The molecule has 1 fully saturated rings. The molecule has 0 saturated carbocycles. The van der Waals surface area contributed by atoms with E-state index >= 15 is 0 Å². The monoisotopic (exact) mass is 167 g/mol. The van der Waals surface area contributed by atoms with Crippen LogP contribution >= 0.6 is 0 Å². The average molecular weight is 167 g/mol. The van der Waals surface area contributed by atoms with Gasteiger partial charge in [-0.05, 0) is 19.4 Å². The first-order valence-corrected chi connectivity index (χ1v) is 4.35. The fourth-order valence-corrected chi connectivity index (χ4v) is 1.43. The van der Waals surface area contributed by atoms with E-state index in [1.165, 1.54) is 6.42 Å². The molecule has 12 heavy (non-hydrogen) atoms. The minimum atomic E-state index is 0.316. The Kier molecular flexibility index (Phi) is 2.32. The molecule has 1 aromatic rings. The van der Waals surface area contributed by atoms with E-state index in [0.29, 0.717) is 6.10 Å². The molecule has 0 spiro atoms. The molecule has 1 aromatic heterocycles. The Morgan fingerprint density at radius 1 is 1.58 bits per heavy atom. The molecule has 1 N–H and O–H groups in total. The van der Waals surface area contributed by atoms with Crippen LogP contribution in [-0.4, -0.2) is 19.2 Å². The van der Waals surface area contributed by atoms with Crippen LogP contribution < -0.4 is 10.1 Å². The Labute approximate surface area is 71.7 Å². The van der Waals surface area contributed by atoms with Crippen molar-refractivity contribution in [3.63, 3.8) is 0 Å². The summed E-state index contributed by atoms with van der Waals surface area (Å²) in [5.41, 5.74) is 0. The van der Waals surface area contributed by atoms with Crippen molar-refractivity contribution in [3.05, 3.63) is 18.6 Å². The maximum atomic E-state index is 5.64. The van der Waals surface area contributed by atoms with E-state index in [1.807, 2.05) is 6.07 Å². The lowest BCUT2D eigenvalue weighted by Crippen LogP contribution is -2.37. The van der Waals surface area contributed by atoms with Crippen molar-refractivity contribution in [3.8, 4) is 5.75 Å². The molecule has 0 bridgehead atoms. The van der Waals surface area contributed by atoms with Crippen LogP contribution in [0.15, 0.2) is 23.0 Å². The molecule has 0 aliphatic carbocycles. The Bertz CT molecular complexity index is 214. The first-order valence-electron chi connectivity index (χ1n) is 4.35. The Balaban J connectivity index is 1.86. The predicted molar refractivity (Wildman–Crippen MR) is 45.2 cm³/mol. The van der Waals surface area contributed by atoms with Gasteiger partial charge < -0.3 is 14.5 Å². The van der Waals surface area contributed by atoms with Crippen molar-refractivity contribution in [2.24, 2.45) is 0 Å². The van der Waals surface area contributed by atoms with E-state index in [-0.39, 0.29) is 0 Å². The topological polar surface area (TPSA) is 34.4 Å². The molecule has 1 aliphatic heterocycles. The van der Waals surface area contributed by atoms with Crippen molar-refractivity contribution in [2.45, 2.75) is 18.9 Å². The highest BCUT2D eigenvalue weighted by atomic mass is 16.5. The number of hydrogen-bond donors (Lipinski definition) is 1. The zero-order valence-corrected chi connectivity index (χ0v) is 6.95. The molecule has 1 atom stereocenters. The first-order chi connectivity index (χ1) is 5.95. The van der Waals surface area contributed by atoms with Crippen LogP contribution in [0, 0.1) is 0 Å². The molecule has 3 heteroatoms. The largest absolute Gasteiger partial charge is 0.486 e. The summed E-state index contributed by atoms with van der Waals surface area (Å²) in [5, 5.41) is 3.29. The SMILES string of the molecule is c1cc(OC2CCCNC2)co1. The number of ether oxygens (including phenoxy) is 1. The smallest absolute Gasteiger partial charge is 0.157 e. The second-order valence-corrected chi connectivity index (χ2v) is 3.05. The summed E-state index contributed by atoms with van der Waals surface area (Å²) in [6.07, 6.45) is 5.91. The maximum Gasteiger partial charge on any atom is 0.157 e. The van der Waals surface area contributed by atoms with E-state index < -0.39 is 0 Å². The maximum absolute atomic E-state index is 5.64.